The number of aromatic nitrogens is 2. The van der Waals surface area contributed by atoms with Crippen LogP contribution in [0.4, 0.5) is 0 Å². The molecular weight excluding hydrogens is 576 g/mol. The third-order valence-corrected chi connectivity index (χ3v) is 9.90. The normalized spacial score (nSPS) is 13.5. The molecule has 0 unspecified atom stereocenters. The smallest absolute Gasteiger partial charge is 0.180 e. The third-order valence-electron chi connectivity index (χ3n) is 9.90. The van der Waals surface area contributed by atoms with E-state index in [1.54, 1.807) is 0 Å². The van der Waals surface area contributed by atoms with E-state index in [2.05, 4.69) is 111 Å². The molecule has 9 aromatic rings. The van der Waals surface area contributed by atoms with Gasteiger partial charge in [-0.2, -0.15) is 0 Å². The van der Waals surface area contributed by atoms with E-state index in [9.17, 15) is 0 Å². The van der Waals surface area contributed by atoms with Crippen LogP contribution in [0, 0.1) is 0 Å². The van der Waals surface area contributed by atoms with Crippen LogP contribution in [0.3, 0.4) is 0 Å². The van der Waals surface area contributed by atoms with Gasteiger partial charge in [-0.3, -0.25) is 0 Å². The maximum atomic E-state index is 6.87. The molecule has 0 fully saturated rings. The highest BCUT2D eigenvalue weighted by Gasteiger charge is 2.38. The topological polar surface area (TPSA) is 52.1 Å². The maximum Gasteiger partial charge on any atom is 0.180 e. The van der Waals surface area contributed by atoms with Crippen LogP contribution in [-0.2, 0) is 5.41 Å². The average Bonchev–Trinajstić information content (AvgIpc) is 3.76. The van der Waals surface area contributed by atoms with Gasteiger partial charge in [0, 0.05) is 43.8 Å². The van der Waals surface area contributed by atoms with Crippen molar-refractivity contribution in [1.29, 1.82) is 0 Å². The fourth-order valence-corrected chi connectivity index (χ4v) is 7.64. The highest BCUT2D eigenvalue weighted by Crippen LogP contribution is 2.53. The number of hydrogen-bond donors (Lipinski definition) is 0. The Hall–Kier alpha value is -6.00. The van der Waals surface area contributed by atoms with E-state index in [1.165, 1.54) is 22.3 Å². The van der Waals surface area contributed by atoms with Crippen LogP contribution in [0.1, 0.15) is 25.0 Å². The van der Waals surface area contributed by atoms with E-state index in [0.717, 1.165) is 66.4 Å². The predicted octanol–water partition coefficient (Wildman–Crippen LogP) is 11.6. The van der Waals surface area contributed by atoms with Gasteiger partial charge in [-0.1, -0.05) is 129 Å². The fraction of sp³-hybridized carbons (Fsp3) is 0.0698. The standard InChI is InChI=1S/C43H28N2O2/c1-43(2)34-17-8-6-13-29(34)30-23-24-32-31-16-10-15-28(39(31)47-40(32)36(30)43)25-19-21-27(22-20-25)42-44-37(26-11-4-3-5-12-26)41-38(45-42)33-14-7-9-18-35(33)46-41/h3-24H,1-2H3. The lowest BCUT2D eigenvalue weighted by molar-refractivity contribution is 0.620. The Morgan fingerprint density at radius 1 is 0.468 bits per heavy atom. The zero-order valence-electron chi connectivity index (χ0n) is 25.9. The van der Waals surface area contributed by atoms with Crippen LogP contribution < -0.4 is 0 Å². The van der Waals surface area contributed by atoms with Gasteiger partial charge in [-0.05, 0) is 40.5 Å². The number of nitrogens with zero attached hydrogens (tertiary/aromatic N) is 2. The first-order valence-electron chi connectivity index (χ1n) is 16.0. The Labute approximate surface area is 271 Å². The molecule has 1 aliphatic carbocycles. The molecule has 0 atom stereocenters. The minimum absolute atomic E-state index is 0.152. The van der Waals surface area contributed by atoms with Crippen LogP contribution >= 0.6 is 0 Å². The monoisotopic (exact) mass is 604 g/mol. The van der Waals surface area contributed by atoms with Gasteiger partial charge in [0.2, 0.25) is 0 Å². The largest absolute Gasteiger partial charge is 0.455 e. The Morgan fingerprint density at radius 2 is 1.17 bits per heavy atom. The second kappa shape index (κ2) is 9.51. The fourth-order valence-electron chi connectivity index (χ4n) is 7.64. The van der Waals surface area contributed by atoms with E-state index in [1.807, 2.05) is 36.4 Å². The molecule has 0 aliphatic heterocycles. The van der Waals surface area contributed by atoms with E-state index in [-0.39, 0.29) is 5.41 Å². The average molecular weight is 605 g/mol. The molecule has 4 nitrogen and oxygen atoms in total. The molecule has 0 saturated carbocycles. The van der Waals surface area contributed by atoms with E-state index in [4.69, 9.17) is 18.8 Å². The summed E-state index contributed by atoms with van der Waals surface area (Å²) in [5.74, 6) is 0.661. The van der Waals surface area contributed by atoms with Crippen molar-refractivity contribution in [1.82, 2.24) is 9.97 Å². The summed E-state index contributed by atoms with van der Waals surface area (Å²) >= 11 is 0. The molecule has 0 bridgehead atoms. The van der Waals surface area contributed by atoms with E-state index < -0.39 is 0 Å². The van der Waals surface area contributed by atoms with Gasteiger partial charge in [0.15, 0.2) is 11.4 Å². The van der Waals surface area contributed by atoms with Gasteiger partial charge in [0.25, 0.3) is 0 Å². The van der Waals surface area contributed by atoms with Crippen molar-refractivity contribution in [3.63, 3.8) is 0 Å². The van der Waals surface area contributed by atoms with Gasteiger partial charge in [-0.15, -0.1) is 0 Å². The van der Waals surface area contributed by atoms with Crippen LogP contribution in [-0.4, -0.2) is 9.97 Å². The maximum absolute atomic E-state index is 6.87. The highest BCUT2D eigenvalue weighted by molar-refractivity contribution is 6.12. The molecule has 3 aromatic heterocycles. The molecule has 0 amide bonds. The van der Waals surface area contributed by atoms with E-state index in [0.29, 0.717) is 11.4 Å². The van der Waals surface area contributed by atoms with Gasteiger partial charge >= 0.3 is 0 Å². The zero-order valence-corrected chi connectivity index (χ0v) is 25.9. The van der Waals surface area contributed by atoms with Crippen molar-refractivity contribution in [2.75, 3.05) is 0 Å². The lowest BCUT2D eigenvalue weighted by Gasteiger charge is -2.21. The first-order chi connectivity index (χ1) is 23.1. The Kier molecular flexibility index (Phi) is 5.31. The second-order valence-corrected chi connectivity index (χ2v) is 12.9. The SMILES string of the molecule is CC1(C)c2ccccc2-c2ccc3c(oc4c(-c5ccc(-c6nc(-c7ccccc7)c7oc8ccccc8c7n6)cc5)cccc43)c21. The van der Waals surface area contributed by atoms with Crippen molar-refractivity contribution >= 4 is 44.0 Å². The number of fused-ring (bicyclic) bond motifs is 10. The van der Waals surface area contributed by atoms with Gasteiger partial charge in [0.05, 0.1) is 0 Å². The summed E-state index contributed by atoms with van der Waals surface area (Å²) in [6.07, 6.45) is 0. The number of para-hydroxylation sites is 2. The van der Waals surface area contributed by atoms with Crippen LogP contribution in [0.5, 0.6) is 0 Å². The summed E-state index contributed by atoms with van der Waals surface area (Å²) in [5, 5.41) is 3.26. The van der Waals surface area contributed by atoms with Gasteiger partial charge in [-0.25, -0.2) is 9.97 Å². The van der Waals surface area contributed by atoms with Crippen LogP contribution in [0.2, 0.25) is 0 Å². The summed E-state index contributed by atoms with van der Waals surface area (Å²) < 4.78 is 13.2. The van der Waals surface area contributed by atoms with Gasteiger partial charge < -0.3 is 8.83 Å². The lowest BCUT2D eigenvalue weighted by Crippen LogP contribution is -2.15. The van der Waals surface area contributed by atoms with Crippen molar-refractivity contribution < 1.29 is 8.83 Å². The Balaban J connectivity index is 1.12. The number of hydrogen-bond acceptors (Lipinski definition) is 4. The van der Waals surface area contributed by atoms with Crippen LogP contribution in [0.15, 0.2) is 142 Å². The summed E-state index contributed by atoms with van der Waals surface area (Å²) in [7, 11) is 0. The molecular formula is C43H28N2O2. The first-order valence-corrected chi connectivity index (χ1v) is 16.0. The number of rotatable bonds is 3. The van der Waals surface area contributed by atoms with Gasteiger partial charge in [0.1, 0.15) is 28.0 Å². The molecule has 10 rings (SSSR count). The Morgan fingerprint density at radius 3 is 2.04 bits per heavy atom. The summed E-state index contributed by atoms with van der Waals surface area (Å²) in [4.78, 5) is 10.1. The number of furan rings is 2. The van der Waals surface area contributed by atoms with Crippen molar-refractivity contribution in [3.8, 4) is 44.9 Å². The third kappa shape index (κ3) is 3.70. The van der Waals surface area contributed by atoms with Crippen LogP contribution in [0.25, 0.3) is 88.9 Å². The minimum Gasteiger partial charge on any atom is -0.455 e. The van der Waals surface area contributed by atoms with Crippen molar-refractivity contribution in [3.05, 3.63) is 145 Å². The first kappa shape index (κ1) is 26.2. The molecule has 0 saturated heterocycles. The highest BCUT2D eigenvalue weighted by atomic mass is 16.3. The minimum atomic E-state index is -0.152. The summed E-state index contributed by atoms with van der Waals surface area (Å²) in [6.45, 7) is 4.61. The molecule has 222 valence electrons. The molecule has 1 aliphatic rings. The Bertz CT molecular complexity index is 2700. The molecule has 0 spiro atoms. The second-order valence-electron chi connectivity index (χ2n) is 12.9. The summed E-state index contributed by atoms with van der Waals surface area (Å²) in [5.41, 5.74) is 14.1. The molecule has 3 heterocycles. The van der Waals surface area contributed by atoms with Crippen molar-refractivity contribution in [2.24, 2.45) is 0 Å². The summed E-state index contributed by atoms with van der Waals surface area (Å²) in [6, 6.07) is 46.4. The molecule has 0 radical (unpaired) electrons. The van der Waals surface area contributed by atoms with Crippen molar-refractivity contribution in [2.45, 2.75) is 19.3 Å². The molecule has 47 heavy (non-hydrogen) atoms. The quantitative estimate of drug-likeness (QED) is 0.201. The lowest BCUT2D eigenvalue weighted by atomic mass is 9.82. The molecule has 4 heteroatoms. The number of benzene rings is 6. The zero-order chi connectivity index (χ0) is 31.3. The predicted molar refractivity (Wildman–Crippen MR) is 190 cm³/mol. The molecule has 6 aromatic carbocycles. The van der Waals surface area contributed by atoms with E-state index >= 15 is 0 Å². The molecule has 0 N–H and O–H groups in total.